The van der Waals surface area contributed by atoms with Gasteiger partial charge in [-0.05, 0) is 18.6 Å². The average molecular weight is 209 g/mol. The molecule has 2 atom stereocenters. The second-order valence-electron chi connectivity index (χ2n) is 3.67. The zero-order valence-corrected chi connectivity index (χ0v) is 9.13. The minimum Gasteiger partial charge on any atom is -0.307 e. The molecule has 3 nitrogen and oxygen atoms in total. The molecule has 0 bridgehead atoms. The summed E-state index contributed by atoms with van der Waals surface area (Å²) in [6.07, 6.45) is 2.97. The number of hydrogen-bond donors (Lipinski definition) is 1. The van der Waals surface area contributed by atoms with Gasteiger partial charge in [-0.3, -0.25) is 0 Å². The van der Waals surface area contributed by atoms with E-state index in [0.717, 1.165) is 17.5 Å². The minimum absolute atomic E-state index is 0.650. The van der Waals surface area contributed by atoms with Crippen molar-refractivity contribution in [1.82, 2.24) is 15.5 Å². The van der Waals surface area contributed by atoms with Gasteiger partial charge in [0.05, 0.1) is 5.69 Å². The Labute approximate surface area is 88.7 Å². The number of nitrogens with one attached hydrogen (secondary N) is 1. The van der Waals surface area contributed by atoms with E-state index in [-0.39, 0.29) is 0 Å². The quantitative estimate of drug-likeness (QED) is 0.818. The first-order valence-corrected chi connectivity index (χ1v) is 6.01. The standard InChI is InChI=1S/C10H15N3S/c1-8-5-10(7-14-8)11-6-9-3-2-4-12-13-9/h2-4,8,10-11H,5-7H2,1H3. The highest BCUT2D eigenvalue weighted by atomic mass is 32.2. The lowest BCUT2D eigenvalue weighted by molar-refractivity contribution is 0.531. The fraction of sp³-hybridized carbons (Fsp3) is 0.600. The van der Waals surface area contributed by atoms with Crippen molar-refractivity contribution in [1.29, 1.82) is 0 Å². The predicted octanol–water partition coefficient (Wildman–Crippen LogP) is 1.46. The molecule has 1 aliphatic rings. The number of rotatable bonds is 3. The van der Waals surface area contributed by atoms with Crippen molar-refractivity contribution in [2.24, 2.45) is 0 Å². The molecule has 1 fully saturated rings. The molecule has 0 aliphatic carbocycles. The van der Waals surface area contributed by atoms with Crippen LogP contribution in [-0.2, 0) is 6.54 Å². The van der Waals surface area contributed by atoms with Crippen LogP contribution in [0.4, 0.5) is 0 Å². The van der Waals surface area contributed by atoms with Gasteiger partial charge in [0.1, 0.15) is 0 Å². The largest absolute Gasteiger partial charge is 0.307 e. The first-order valence-electron chi connectivity index (χ1n) is 4.96. The van der Waals surface area contributed by atoms with Gasteiger partial charge in [-0.15, -0.1) is 0 Å². The number of nitrogens with zero attached hydrogens (tertiary/aromatic N) is 2. The maximum Gasteiger partial charge on any atom is 0.0769 e. The fourth-order valence-corrected chi connectivity index (χ4v) is 2.82. The third-order valence-corrected chi connectivity index (χ3v) is 3.75. The second-order valence-corrected chi connectivity index (χ2v) is 5.14. The van der Waals surface area contributed by atoms with Gasteiger partial charge in [0.25, 0.3) is 0 Å². The Bertz CT molecular complexity index is 278. The van der Waals surface area contributed by atoms with Gasteiger partial charge in [-0.2, -0.15) is 22.0 Å². The summed E-state index contributed by atoms with van der Waals surface area (Å²) in [6, 6.07) is 4.58. The summed E-state index contributed by atoms with van der Waals surface area (Å²) in [5.41, 5.74) is 1.03. The molecule has 0 amide bonds. The van der Waals surface area contributed by atoms with Gasteiger partial charge in [0.2, 0.25) is 0 Å². The van der Waals surface area contributed by atoms with E-state index in [1.165, 1.54) is 12.2 Å². The summed E-state index contributed by atoms with van der Waals surface area (Å²) in [5.74, 6) is 1.22. The van der Waals surface area contributed by atoms with E-state index in [1.807, 2.05) is 23.9 Å². The molecule has 1 aromatic rings. The normalized spacial score (nSPS) is 26.6. The van der Waals surface area contributed by atoms with Gasteiger partial charge < -0.3 is 5.32 Å². The molecule has 1 saturated heterocycles. The van der Waals surface area contributed by atoms with Crippen LogP contribution in [0.25, 0.3) is 0 Å². The minimum atomic E-state index is 0.650. The molecule has 0 radical (unpaired) electrons. The van der Waals surface area contributed by atoms with Gasteiger partial charge in [0.15, 0.2) is 0 Å². The molecule has 76 valence electrons. The third kappa shape index (κ3) is 2.69. The monoisotopic (exact) mass is 209 g/mol. The predicted molar refractivity (Wildman–Crippen MR) is 59.2 cm³/mol. The van der Waals surface area contributed by atoms with Crippen LogP contribution in [0.3, 0.4) is 0 Å². The van der Waals surface area contributed by atoms with Crippen LogP contribution < -0.4 is 5.32 Å². The van der Waals surface area contributed by atoms with Crippen molar-refractivity contribution in [3.63, 3.8) is 0 Å². The summed E-state index contributed by atoms with van der Waals surface area (Å²) < 4.78 is 0. The SMILES string of the molecule is CC1CC(NCc2cccnn2)CS1. The van der Waals surface area contributed by atoms with Crippen LogP contribution in [0.2, 0.25) is 0 Å². The second kappa shape index (κ2) is 4.75. The topological polar surface area (TPSA) is 37.8 Å². The van der Waals surface area contributed by atoms with Crippen molar-refractivity contribution in [2.45, 2.75) is 31.2 Å². The molecule has 2 heterocycles. The van der Waals surface area contributed by atoms with E-state index >= 15 is 0 Å². The van der Waals surface area contributed by atoms with Crippen LogP contribution in [0.1, 0.15) is 19.0 Å². The van der Waals surface area contributed by atoms with Crippen molar-refractivity contribution in [3.8, 4) is 0 Å². The molecule has 1 N–H and O–H groups in total. The van der Waals surface area contributed by atoms with Gasteiger partial charge in [0, 0.05) is 29.8 Å². The molecule has 1 aliphatic heterocycles. The van der Waals surface area contributed by atoms with Crippen molar-refractivity contribution < 1.29 is 0 Å². The van der Waals surface area contributed by atoms with Gasteiger partial charge in [-0.1, -0.05) is 6.92 Å². The zero-order chi connectivity index (χ0) is 9.80. The number of thioether (sulfide) groups is 1. The van der Waals surface area contributed by atoms with Crippen molar-refractivity contribution >= 4 is 11.8 Å². The Kier molecular flexibility index (Phi) is 3.37. The zero-order valence-electron chi connectivity index (χ0n) is 8.31. The first-order chi connectivity index (χ1) is 6.84. The molecule has 2 rings (SSSR count). The van der Waals surface area contributed by atoms with Crippen LogP contribution in [0.5, 0.6) is 0 Å². The molecule has 0 saturated carbocycles. The summed E-state index contributed by atoms with van der Waals surface area (Å²) in [7, 11) is 0. The Hall–Kier alpha value is -0.610. The molecular weight excluding hydrogens is 194 g/mol. The molecule has 0 spiro atoms. The fourth-order valence-electron chi connectivity index (χ4n) is 1.64. The van der Waals surface area contributed by atoms with E-state index in [4.69, 9.17) is 0 Å². The molecular formula is C10H15N3S. The summed E-state index contributed by atoms with van der Waals surface area (Å²) in [4.78, 5) is 0. The summed E-state index contributed by atoms with van der Waals surface area (Å²) in [6.45, 7) is 3.13. The average Bonchev–Trinajstić information content (AvgIpc) is 2.63. The van der Waals surface area contributed by atoms with Crippen LogP contribution >= 0.6 is 11.8 Å². The lowest BCUT2D eigenvalue weighted by atomic mass is 10.2. The van der Waals surface area contributed by atoms with Crippen LogP contribution in [0.15, 0.2) is 18.3 Å². The molecule has 14 heavy (non-hydrogen) atoms. The highest BCUT2D eigenvalue weighted by Crippen LogP contribution is 2.25. The molecule has 2 unspecified atom stereocenters. The maximum absolute atomic E-state index is 4.04. The van der Waals surface area contributed by atoms with E-state index in [0.29, 0.717) is 6.04 Å². The Morgan fingerprint density at radius 3 is 3.21 bits per heavy atom. The molecule has 4 heteroatoms. The van der Waals surface area contributed by atoms with E-state index in [2.05, 4.69) is 22.4 Å². The van der Waals surface area contributed by atoms with Crippen molar-refractivity contribution in [3.05, 3.63) is 24.0 Å². The van der Waals surface area contributed by atoms with E-state index in [9.17, 15) is 0 Å². The summed E-state index contributed by atoms with van der Waals surface area (Å²) >= 11 is 2.04. The number of aromatic nitrogens is 2. The van der Waals surface area contributed by atoms with E-state index in [1.54, 1.807) is 6.20 Å². The Morgan fingerprint density at radius 2 is 2.57 bits per heavy atom. The lowest BCUT2D eigenvalue weighted by Crippen LogP contribution is -2.28. The lowest BCUT2D eigenvalue weighted by Gasteiger charge is -2.10. The maximum atomic E-state index is 4.04. The van der Waals surface area contributed by atoms with Crippen molar-refractivity contribution in [2.75, 3.05) is 5.75 Å². The van der Waals surface area contributed by atoms with Crippen LogP contribution in [0, 0.1) is 0 Å². The highest BCUT2D eigenvalue weighted by Gasteiger charge is 2.20. The van der Waals surface area contributed by atoms with Gasteiger partial charge >= 0.3 is 0 Å². The summed E-state index contributed by atoms with van der Waals surface area (Å²) in [5, 5.41) is 12.2. The van der Waals surface area contributed by atoms with Gasteiger partial charge in [-0.25, -0.2) is 0 Å². The highest BCUT2D eigenvalue weighted by molar-refractivity contribution is 8.00. The Balaban J connectivity index is 1.78. The Morgan fingerprint density at radius 1 is 1.64 bits per heavy atom. The van der Waals surface area contributed by atoms with Crippen LogP contribution in [-0.4, -0.2) is 27.2 Å². The molecule has 0 aromatic carbocycles. The molecule has 1 aromatic heterocycles. The smallest absolute Gasteiger partial charge is 0.0769 e. The third-order valence-electron chi connectivity index (χ3n) is 2.40. The van der Waals surface area contributed by atoms with E-state index < -0.39 is 0 Å². The first kappa shape index (κ1) is 9.93. The number of hydrogen-bond acceptors (Lipinski definition) is 4.